The van der Waals surface area contributed by atoms with Crippen LogP contribution in [0.1, 0.15) is 0 Å². The Hall–Kier alpha value is -6.21. The molecular weight excluding hydrogens is 685 g/mol. The highest BCUT2D eigenvalue weighted by Crippen LogP contribution is 2.39. The van der Waals surface area contributed by atoms with E-state index in [4.69, 9.17) is 0 Å². The van der Waals surface area contributed by atoms with Crippen molar-refractivity contribution in [1.82, 2.24) is 0 Å². The number of anilines is 4. The van der Waals surface area contributed by atoms with Crippen LogP contribution in [0.25, 0.3) is 22.3 Å². The molecule has 0 bridgehead atoms. The van der Waals surface area contributed by atoms with E-state index in [9.17, 15) is 0 Å². The fourth-order valence-electron chi connectivity index (χ4n) is 10.3. The zero-order valence-corrected chi connectivity index (χ0v) is 32.4. The van der Waals surface area contributed by atoms with Gasteiger partial charge in [0.2, 0.25) is 0 Å². The second kappa shape index (κ2) is 11.6. The molecule has 0 amide bonds. The smallest absolute Gasteiger partial charge is 0.185 e. The molecule has 54 heavy (non-hydrogen) atoms. The zero-order chi connectivity index (χ0) is 36.0. The molecule has 8 aromatic carbocycles. The van der Waals surface area contributed by atoms with Crippen molar-refractivity contribution < 1.29 is 0 Å². The number of benzene rings is 8. The molecule has 0 saturated carbocycles. The van der Waals surface area contributed by atoms with E-state index in [1.807, 2.05) is 0 Å². The lowest BCUT2D eigenvalue weighted by Gasteiger charge is -2.44. The Balaban J connectivity index is 1.20. The van der Waals surface area contributed by atoms with Gasteiger partial charge in [0.1, 0.15) is 0 Å². The van der Waals surface area contributed by atoms with E-state index >= 15 is 0 Å². The first kappa shape index (κ1) is 31.3. The third kappa shape index (κ3) is 3.99. The predicted octanol–water partition coefficient (Wildman–Crippen LogP) is 6.25. The van der Waals surface area contributed by atoms with E-state index in [0.29, 0.717) is 0 Å². The molecule has 11 rings (SSSR count). The summed E-state index contributed by atoms with van der Waals surface area (Å²) in [7, 11) is -0.922. The topological polar surface area (TPSA) is 6.48 Å². The van der Waals surface area contributed by atoms with E-state index in [1.54, 1.807) is 0 Å². The molecule has 0 atom stereocenters. The van der Waals surface area contributed by atoms with Crippen molar-refractivity contribution in [3.05, 3.63) is 194 Å². The van der Waals surface area contributed by atoms with Gasteiger partial charge in [-0.05, 0) is 88.0 Å². The Labute approximate surface area is 319 Å². The van der Waals surface area contributed by atoms with Crippen molar-refractivity contribution in [3.8, 4) is 22.3 Å². The molecule has 3 heterocycles. The van der Waals surface area contributed by atoms with Crippen molar-refractivity contribution in [1.29, 1.82) is 0 Å². The minimum absolute atomic E-state index is 1.26. The van der Waals surface area contributed by atoms with Gasteiger partial charge in [-0.25, -0.2) is 0 Å². The van der Waals surface area contributed by atoms with Crippen LogP contribution in [0.3, 0.4) is 0 Å². The van der Waals surface area contributed by atoms with Crippen LogP contribution in [-0.2, 0) is 0 Å². The number of nitrogens with zero attached hydrogens (tertiary/aromatic N) is 2. The lowest BCUT2D eigenvalue weighted by Crippen LogP contribution is -2.77. The largest absolute Gasteiger partial charge is 0.345 e. The molecule has 256 valence electrons. The molecule has 8 aromatic rings. The maximum atomic E-state index is 2.57. The van der Waals surface area contributed by atoms with Crippen molar-refractivity contribution in [2.24, 2.45) is 0 Å². The summed E-state index contributed by atoms with van der Waals surface area (Å²) in [5, 5.41) is 11.6. The van der Waals surface area contributed by atoms with Crippen LogP contribution in [0.4, 0.5) is 22.7 Å². The average molecular weight is 723 g/mol. The zero-order valence-electron chi connectivity index (χ0n) is 30.4. The van der Waals surface area contributed by atoms with Crippen molar-refractivity contribution >= 4 is 80.4 Å². The fourth-order valence-corrected chi connectivity index (χ4v) is 21.2. The predicted molar refractivity (Wildman–Crippen MR) is 234 cm³/mol. The number of hydrogen-bond acceptors (Lipinski definition) is 2. The Morgan fingerprint density at radius 1 is 0.296 bits per heavy atom. The normalized spacial score (nSPS) is 15.1. The summed E-state index contributed by atoms with van der Waals surface area (Å²) < 4.78 is 0. The minimum Gasteiger partial charge on any atom is -0.345 e. The highest BCUT2D eigenvalue weighted by atomic mass is 28.3. The lowest BCUT2D eigenvalue weighted by atomic mass is 10.0. The molecule has 3 aliphatic rings. The van der Waals surface area contributed by atoms with Gasteiger partial charge in [-0.15, -0.1) is 0 Å². The molecule has 0 unspecified atom stereocenters. The van der Waals surface area contributed by atoms with Crippen molar-refractivity contribution in [2.45, 2.75) is 0 Å². The summed E-state index contributed by atoms with van der Waals surface area (Å²) in [6.45, 7) is 0. The molecule has 4 heteroatoms. The Kier molecular flexibility index (Phi) is 6.76. The van der Waals surface area contributed by atoms with Crippen molar-refractivity contribution in [2.75, 3.05) is 23.9 Å². The molecule has 0 aliphatic carbocycles. The molecule has 0 fully saturated rings. The van der Waals surface area contributed by atoms with Crippen LogP contribution < -0.4 is 51.3 Å². The Morgan fingerprint density at radius 2 is 0.648 bits per heavy atom. The van der Waals surface area contributed by atoms with Gasteiger partial charge in [-0.3, -0.25) is 0 Å². The minimum atomic E-state index is -2.74. The number of para-hydroxylation sites is 2. The van der Waals surface area contributed by atoms with Gasteiger partial charge in [0.05, 0.1) is 0 Å². The lowest BCUT2D eigenvalue weighted by molar-refractivity contribution is 1.21. The molecular formula is C50H38N2Si2. The number of rotatable bonds is 3. The molecule has 1 spiro atoms. The van der Waals surface area contributed by atoms with E-state index in [-0.39, 0.29) is 0 Å². The summed E-state index contributed by atoms with van der Waals surface area (Å²) in [4.78, 5) is 4.84. The number of hydrogen-bond donors (Lipinski definition) is 0. The van der Waals surface area contributed by atoms with Crippen LogP contribution in [0.2, 0.25) is 0 Å². The van der Waals surface area contributed by atoms with Gasteiger partial charge < -0.3 is 9.80 Å². The summed E-state index contributed by atoms with van der Waals surface area (Å²) in [6, 6.07) is 74.0. The van der Waals surface area contributed by atoms with Crippen LogP contribution in [0.15, 0.2) is 194 Å². The molecule has 2 nitrogen and oxygen atoms in total. The monoisotopic (exact) mass is 722 g/mol. The van der Waals surface area contributed by atoms with Gasteiger partial charge in [-0.2, -0.15) is 0 Å². The van der Waals surface area contributed by atoms with E-state index in [0.717, 1.165) is 0 Å². The summed E-state index contributed by atoms with van der Waals surface area (Å²) in [5.41, 5.74) is 10.5. The second-order valence-electron chi connectivity index (χ2n) is 14.9. The first-order chi connectivity index (χ1) is 26.6. The summed E-state index contributed by atoms with van der Waals surface area (Å²) in [6.07, 6.45) is 0. The van der Waals surface area contributed by atoms with Gasteiger partial charge in [0, 0.05) is 36.8 Å². The maximum Gasteiger partial charge on any atom is 0.185 e. The van der Waals surface area contributed by atoms with Gasteiger partial charge in [0.25, 0.3) is 0 Å². The van der Waals surface area contributed by atoms with Crippen LogP contribution in [0.5, 0.6) is 0 Å². The third-order valence-corrected chi connectivity index (χ3v) is 22.3. The molecule has 0 saturated heterocycles. The third-order valence-electron chi connectivity index (χ3n) is 12.6. The van der Waals surface area contributed by atoms with Crippen LogP contribution in [-0.4, -0.2) is 30.2 Å². The molecule has 0 N–H and O–H groups in total. The summed E-state index contributed by atoms with van der Waals surface area (Å²) in [5.74, 6) is 0. The maximum absolute atomic E-state index is 2.74. The average Bonchev–Trinajstić information content (AvgIpc) is 3.54. The second-order valence-corrected chi connectivity index (χ2v) is 22.3. The highest BCUT2D eigenvalue weighted by molar-refractivity contribution is 7.24. The Bertz CT molecular complexity index is 2590. The molecule has 0 aromatic heterocycles. The van der Waals surface area contributed by atoms with Gasteiger partial charge in [-0.1, -0.05) is 170 Å². The summed E-state index contributed by atoms with van der Waals surface area (Å²) >= 11 is 0. The van der Waals surface area contributed by atoms with E-state index in [2.05, 4.69) is 218 Å². The molecule has 3 aliphatic heterocycles. The highest BCUT2D eigenvalue weighted by Gasteiger charge is 2.53. The number of fused-ring (bicyclic) bond motifs is 11. The van der Waals surface area contributed by atoms with Gasteiger partial charge >= 0.3 is 0 Å². The first-order valence-corrected chi connectivity index (χ1v) is 22.9. The van der Waals surface area contributed by atoms with Gasteiger partial charge in [0.15, 0.2) is 16.1 Å². The first-order valence-electron chi connectivity index (χ1n) is 18.9. The van der Waals surface area contributed by atoms with E-state index < -0.39 is 16.1 Å². The molecule has 0 radical (unpaired) electrons. The quantitative estimate of drug-likeness (QED) is 0.199. The van der Waals surface area contributed by atoms with Crippen LogP contribution in [0, 0.1) is 0 Å². The van der Waals surface area contributed by atoms with Crippen LogP contribution >= 0.6 is 0 Å². The Morgan fingerprint density at radius 3 is 1.13 bits per heavy atom. The standard InChI is InChI=1S/C50H38N2Si2/c1-51-41-23-11-15-27-47(41)53(37-17-5-3-6-18-37,38-19-7-4-8-20-38)49-33-35(29-31-43(49)51)36-30-32-44-50(34-36)54(48-28-16-12-24-42(48)52(44)2)45-25-13-9-21-39(45)40-22-10-14-26-46(40)54/h3-34H,1-2H3. The SMILES string of the molecule is CN1c2ccccc2[Si](c2ccccc2)(c2ccccc2)c2cc(-c3ccc4c(c3)[Si]3(c5ccccc5-c5ccccc53)c3ccccc3N4C)ccc21. The van der Waals surface area contributed by atoms with E-state index in [1.165, 1.54) is 86.5 Å². The fraction of sp³-hybridized carbons (Fsp3) is 0.0400. The van der Waals surface area contributed by atoms with Crippen molar-refractivity contribution in [3.63, 3.8) is 0 Å².